The van der Waals surface area contributed by atoms with Crippen LogP contribution in [0.25, 0.3) is 11.3 Å². The Labute approximate surface area is 119 Å². The number of hydrogen-bond donors (Lipinski definition) is 0. The zero-order valence-corrected chi connectivity index (χ0v) is 11.2. The average Bonchev–Trinajstić information content (AvgIpc) is 3.06. The molecule has 0 saturated heterocycles. The van der Waals surface area contributed by atoms with Gasteiger partial charge in [0.1, 0.15) is 5.65 Å². The fourth-order valence-corrected chi connectivity index (χ4v) is 2.50. The van der Waals surface area contributed by atoms with Crippen LogP contribution in [-0.2, 0) is 6.42 Å². The first kappa shape index (κ1) is 11.4. The van der Waals surface area contributed by atoms with Gasteiger partial charge in [0.2, 0.25) is 0 Å². The molecule has 20 heavy (non-hydrogen) atoms. The topological polar surface area (TPSA) is 47.5 Å². The van der Waals surface area contributed by atoms with Crippen LogP contribution in [0.15, 0.2) is 49.2 Å². The van der Waals surface area contributed by atoms with E-state index in [1.807, 2.05) is 22.9 Å². The first-order valence-electron chi connectivity index (χ1n) is 6.20. The van der Waals surface area contributed by atoms with E-state index in [9.17, 15) is 0 Å². The maximum atomic E-state index is 6.10. The molecular weight excluding hydrogens is 274 g/mol. The van der Waals surface area contributed by atoms with Crippen LogP contribution in [0.4, 0.5) is 0 Å². The molecule has 0 N–H and O–H groups in total. The lowest BCUT2D eigenvalue weighted by Crippen LogP contribution is -1.99. The normalized spacial score (nSPS) is 11.4. The molecule has 0 amide bonds. The SMILES string of the molecule is Clc1ccnn2c(Cc3ccc4nccn4c3)cnc12. The minimum absolute atomic E-state index is 0.608. The fraction of sp³-hybridized carbons (Fsp3) is 0.0714. The Morgan fingerprint density at radius 1 is 1.10 bits per heavy atom. The maximum Gasteiger partial charge on any atom is 0.172 e. The van der Waals surface area contributed by atoms with E-state index >= 15 is 0 Å². The molecule has 0 aliphatic heterocycles. The van der Waals surface area contributed by atoms with Crippen LogP contribution in [0.5, 0.6) is 0 Å². The quantitative estimate of drug-likeness (QED) is 0.568. The van der Waals surface area contributed by atoms with Crippen LogP contribution in [0.1, 0.15) is 11.3 Å². The Hall–Kier alpha value is -2.40. The third-order valence-electron chi connectivity index (χ3n) is 3.26. The summed E-state index contributed by atoms with van der Waals surface area (Å²) in [4.78, 5) is 8.55. The molecule has 0 radical (unpaired) electrons. The van der Waals surface area contributed by atoms with E-state index in [0.717, 1.165) is 17.8 Å². The number of imidazole rings is 2. The van der Waals surface area contributed by atoms with Gasteiger partial charge in [-0.25, -0.2) is 14.5 Å². The summed E-state index contributed by atoms with van der Waals surface area (Å²) in [7, 11) is 0. The zero-order valence-electron chi connectivity index (χ0n) is 10.4. The lowest BCUT2D eigenvalue weighted by Gasteiger charge is -2.03. The van der Waals surface area contributed by atoms with Crippen molar-refractivity contribution >= 4 is 22.9 Å². The molecule has 0 spiro atoms. The highest BCUT2D eigenvalue weighted by molar-refractivity contribution is 6.33. The first-order valence-corrected chi connectivity index (χ1v) is 6.58. The number of nitrogens with zero attached hydrogens (tertiary/aromatic N) is 5. The Kier molecular flexibility index (Phi) is 2.47. The summed E-state index contributed by atoms with van der Waals surface area (Å²) in [5, 5.41) is 4.91. The minimum Gasteiger partial charge on any atom is -0.307 e. The summed E-state index contributed by atoms with van der Waals surface area (Å²) in [5.74, 6) is 0. The van der Waals surface area contributed by atoms with Crippen molar-refractivity contribution in [3.05, 3.63) is 65.5 Å². The molecule has 0 atom stereocenters. The smallest absolute Gasteiger partial charge is 0.172 e. The second-order valence-electron chi connectivity index (χ2n) is 4.57. The van der Waals surface area contributed by atoms with Crippen molar-refractivity contribution in [2.45, 2.75) is 6.42 Å². The van der Waals surface area contributed by atoms with E-state index in [1.165, 1.54) is 5.56 Å². The molecule has 4 heterocycles. The van der Waals surface area contributed by atoms with Crippen LogP contribution in [0, 0.1) is 0 Å². The third-order valence-corrected chi connectivity index (χ3v) is 3.56. The fourth-order valence-electron chi connectivity index (χ4n) is 2.31. The molecule has 0 aliphatic carbocycles. The van der Waals surface area contributed by atoms with Crippen molar-refractivity contribution in [3.8, 4) is 0 Å². The second kappa shape index (κ2) is 4.31. The van der Waals surface area contributed by atoms with Gasteiger partial charge in [-0.3, -0.25) is 0 Å². The van der Waals surface area contributed by atoms with Gasteiger partial charge in [-0.2, -0.15) is 5.10 Å². The predicted molar refractivity (Wildman–Crippen MR) is 76.0 cm³/mol. The monoisotopic (exact) mass is 283 g/mol. The van der Waals surface area contributed by atoms with Crippen LogP contribution in [0.2, 0.25) is 5.02 Å². The first-order chi connectivity index (χ1) is 9.81. The molecule has 4 aromatic heterocycles. The van der Waals surface area contributed by atoms with E-state index in [1.54, 1.807) is 23.0 Å². The van der Waals surface area contributed by atoms with E-state index in [-0.39, 0.29) is 0 Å². The molecule has 6 heteroatoms. The van der Waals surface area contributed by atoms with E-state index in [4.69, 9.17) is 11.6 Å². The molecule has 0 fully saturated rings. The molecule has 0 aliphatic rings. The Balaban J connectivity index is 1.78. The highest BCUT2D eigenvalue weighted by Crippen LogP contribution is 2.17. The number of hydrogen-bond acceptors (Lipinski definition) is 3. The van der Waals surface area contributed by atoms with E-state index < -0.39 is 0 Å². The van der Waals surface area contributed by atoms with Gasteiger partial charge in [0.25, 0.3) is 0 Å². The van der Waals surface area contributed by atoms with E-state index in [2.05, 4.69) is 27.3 Å². The van der Waals surface area contributed by atoms with Crippen LogP contribution < -0.4 is 0 Å². The van der Waals surface area contributed by atoms with Gasteiger partial charge in [-0.1, -0.05) is 17.7 Å². The van der Waals surface area contributed by atoms with E-state index in [0.29, 0.717) is 10.7 Å². The minimum atomic E-state index is 0.608. The average molecular weight is 284 g/mol. The molecular formula is C14H10ClN5. The molecule has 0 unspecified atom stereocenters. The number of aromatic nitrogens is 5. The van der Waals surface area contributed by atoms with Gasteiger partial charge in [-0.15, -0.1) is 0 Å². The number of fused-ring (bicyclic) bond motifs is 2. The van der Waals surface area contributed by atoms with Crippen molar-refractivity contribution in [1.29, 1.82) is 0 Å². The van der Waals surface area contributed by atoms with Gasteiger partial charge in [0.15, 0.2) is 5.65 Å². The van der Waals surface area contributed by atoms with Crippen LogP contribution >= 0.6 is 11.6 Å². The van der Waals surface area contributed by atoms with Crippen molar-refractivity contribution in [2.75, 3.05) is 0 Å². The van der Waals surface area contributed by atoms with Crippen molar-refractivity contribution < 1.29 is 0 Å². The maximum absolute atomic E-state index is 6.10. The molecule has 4 aromatic rings. The standard InChI is InChI=1S/C14H10ClN5/c15-12-3-4-18-20-11(8-17-14(12)20)7-10-1-2-13-16-5-6-19(13)9-10/h1-6,8-9H,7H2. The van der Waals surface area contributed by atoms with Gasteiger partial charge in [-0.05, 0) is 17.7 Å². The third kappa shape index (κ3) is 1.75. The molecule has 0 bridgehead atoms. The van der Waals surface area contributed by atoms with Crippen LogP contribution in [0.3, 0.4) is 0 Å². The van der Waals surface area contributed by atoms with Gasteiger partial charge < -0.3 is 4.40 Å². The van der Waals surface area contributed by atoms with Crippen molar-refractivity contribution in [1.82, 2.24) is 24.0 Å². The zero-order chi connectivity index (χ0) is 13.5. The summed E-state index contributed by atoms with van der Waals surface area (Å²) in [6.07, 6.45) is 10.0. The van der Waals surface area contributed by atoms with Gasteiger partial charge in [0.05, 0.1) is 16.9 Å². The second-order valence-corrected chi connectivity index (χ2v) is 4.98. The summed E-state index contributed by atoms with van der Waals surface area (Å²) in [5.41, 5.74) is 3.79. The molecule has 0 saturated carbocycles. The number of halogens is 1. The van der Waals surface area contributed by atoms with Crippen molar-refractivity contribution in [3.63, 3.8) is 0 Å². The van der Waals surface area contributed by atoms with Gasteiger partial charge >= 0.3 is 0 Å². The summed E-state index contributed by atoms with van der Waals surface area (Å²) in [6, 6.07) is 5.80. The lowest BCUT2D eigenvalue weighted by atomic mass is 10.2. The largest absolute Gasteiger partial charge is 0.307 e. The number of rotatable bonds is 2. The lowest BCUT2D eigenvalue weighted by molar-refractivity contribution is 0.868. The molecule has 98 valence electrons. The highest BCUT2D eigenvalue weighted by atomic mass is 35.5. The summed E-state index contributed by atoms with van der Waals surface area (Å²) >= 11 is 6.10. The highest BCUT2D eigenvalue weighted by Gasteiger charge is 2.08. The molecule has 5 nitrogen and oxygen atoms in total. The number of pyridine rings is 1. The Morgan fingerprint density at radius 3 is 3.00 bits per heavy atom. The van der Waals surface area contributed by atoms with Crippen molar-refractivity contribution in [2.24, 2.45) is 0 Å². The van der Waals surface area contributed by atoms with Gasteiger partial charge in [0, 0.05) is 31.2 Å². The molecule has 0 aromatic carbocycles. The Bertz CT molecular complexity index is 908. The summed E-state index contributed by atoms with van der Waals surface area (Å²) in [6.45, 7) is 0. The van der Waals surface area contributed by atoms with Crippen LogP contribution in [-0.4, -0.2) is 24.0 Å². The summed E-state index contributed by atoms with van der Waals surface area (Å²) < 4.78 is 3.78. The molecule has 4 rings (SSSR count). The predicted octanol–water partition coefficient (Wildman–Crippen LogP) is 2.62. The Morgan fingerprint density at radius 2 is 2.05 bits per heavy atom.